The van der Waals surface area contributed by atoms with Gasteiger partial charge in [0.2, 0.25) is 0 Å². The number of aromatic nitrogens is 2. The molecule has 1 aromatic heterocycles. The third-order valence-electron chi connectivity index (χ3n) is 2.97. The molecule has 0 amide bonds. The topological polar surface area (TPSA) is 29.9 Å². The molecular formula is C12H14ClN3. The van der Waals surface area contributed by atoms with Crippen molar-refractivity contribution in [2.45, 2.75) is 25.4 Å². The van der Waals surface area contributed by atoms with Gasteiger partial charge in [-0.1, -0.05) is 11.6 Å². The standard InChI is InChI=1S/C12H14ClN3/c1-14-7-12-15-10-5-2-8(13)6-11(10)16(12)9-3-4-9/h2,5-6,9,14H,3-4,7H2,1H3. The molecule has 3 nitrogen and oxygen atoms in total. The minimum Gasteiger partial charge on any atom is -0.324 e. The first kappa shape index (κ1) is 10.1. The van der Waals surface area contributed by atoms with Crippen molar-refractivity contribution in [2.24, 2.45) is 0 Å². The van der Waals surface area contributed by atoms with Crippen molar-refractivity contribution in [2.75, 3.05) is 7.05 Å². The van der Waals surface area contributed by atoms with Gasteiger partial charge in [0, 0.05) is 11.1 Å². The maximum absolute atomic E-state index is 6.05. The highest BCUT2D eigenvalue weighted by atomic mass is 35.5. The van der Waals surface area contributed by atoms with Crippen LogP contribution in [0.5, 0.6) is 0 Å². The van der Waals surface area contributed by atoms with Crippen LogP contribution in [0.25, 0.3) is 11.0 Å². The molecule has 1 aromatic carbocycles. The molecule has 3 rings (SSSR count). The Morgan fingerprint density at radius 3 is 3.00 bits per heavy atom. The number of fused-ring (bicyclic) bond motifs is 1. The molecule has 16 heavy (non-hydrogen) atoms. The van der Waals surface area contributed by atoms with Crippen LogP contribution < -0.4 is 5.32 Å². The predicted molar refractivity (Wildman–Crippen MR) is 65.8 cm³/mol. The van der Waals surface area contributed by atoms with Crippen molar-refractivity contribution >= 4 is 22.6 Å². The summed E-state index contributed by atoms with van der Waals surface area (Å²) in [5.74, 6) is 1.11. The largest absolute Gasteiger partial charge is 0.324 e. The normalized spacial score (nSPS) is 15.9. The average Bonchev–Trinajstić information content (AvgIpc) is 3.02. The minimum absolute atomic E-state index is 0.631. The molecule has 0 atom stereocenters. The van der Waals surface area contributed by atoms with E-state index in [4.69, 9.17) is 11.6 Å². The van der Waals surface area contributed by atoms with Gasteiger partial charge in [0.05, 0.1) is 17.6 Å². The zero-order valence-corrected chi connectivity index (χ0v) is 9.96. The summed E-state index contributed by atoms with van der Waals surface area (Å²) in [6, 6.07) is 6.54. The van der Waals surface area contributed by atoms with Gasteiger partial charge in [0.25, 0.3) is 0 Å². The summed E-state index contributed by atoms with van der Waals surface area (Å²) in [4.78, 5) is 4.65. The van der Waals surface area contributed by atoms with E-state index in [1.807, 2.05) is 25.2 Å². The van der Waals surface area contributed by atoms with E-state index in [9.17, 15) is 0 Å². The fourth-order valence-electron chi connectivity index (χ4n) is 2.14. The molecule has 1 aliphatic carbocycles. The molecule has 1 saturated carbocycles. The van der Waals surface area contributed by atoms with E-state index in [1.165, 1.54) is 18.4 Å². The summed E-state index contributed by atoms with van der Waals surface area (Å²) >= 11 is 6.05. The Labute approximate surface area is 99.4 Å². The van der Waals surface area contributed by atoms with Crippen molar-refractivity contribution in [1.29, 1.82) is 0 Å². The van der Waals surface area contributed by atoms with Gasteiger partial charge in [-0.2, -0.15) is 0 Å². The minimum atomic E-state index is 0.631. The number of imidazole rings is 1. The predicted octanol–water partition coefficient (Wildman–Crippen LogP) is 2.74. The first-order valence-electron chi connectivity index (χ1n) is 5.60. The van der Waals surface area contributed by atoms with Crippen molar-refractivity contribution in [3.8, 4) is 0 Å². The van der Waals surface area contributed by atoms with Crippen LogP contribution in [0.4, 0.5) is 0 Å². The average molecular weight is 236 g/mol. The Balaban J connectivity index is 2.21. The van der Waals surface area contributed by atoms with Gasteiger partial charge in [-0.25, -0.2) is 4.98 Å². The number of nitrogens with one attached hydrogen (secondary N) is 1. The van der Waals surface area contributed by atoms with Crippen LogP contribution in [0, 0.1) is 0 Å². The van der Waals surface area contributed by atoms with Gasteiger partial charge >= 0.3 is 0 Å². The Kier molecular flexibility index (Phi) is 2.37. The molecule has 84 valence electrons. The van der Waals surface area contributed by atoms with Gasteiger partial charge in [-0.3, -0.25) is 0 Å². The lowest BCUT2D eigenvalue weighted by molar-refractivity contribution is 0.659. The lowest BCUT2D eigenvalue weighted by Gasteiger charge is -2.06. The fraction of sp³-hybridized carbons (Fsp3) is 0.417. The Hall–Kier alpha value is -1.06. The van der Waals surface area contributed by atoms with E-state index in [0.29, 0.717) is 6.04 Å². The van der Waals surface area contributed by atoms with Gasteiger partial charge in [-0.05, 0) is 38.1 Å². The molecule has 0 bridgehead atoms. The number of nitrogens with zero attached hydrogens (tertiary/aromatic N) is 2. The number of benzene rings is 1. The van der Waals surface area contributed by atoms with Gasteiger partial charge in [0.15, 0.2) is 0 Å². The van der Waals surface area contributed by atoms with E-state index < -0.39 is 0 Å². The van der Waals surface area contributed by atoms with Gasteiger partial charge in [0.1, 0.15) is 5.82 Å². The number of hydrogen-bond donors (Lipinski definition) is 1. The molecule has 1 heterocycles. The summed E-state index contributed by atoms with van der Waals surface area (Å²) in [6.07, 6.45) is 2.52. The Morgan fingerprint density at radius 2 is 2.31 bits per heavy atom. The number of halogens is 1. The van der Waals surface area contributed by atoms with Crippen molar-refractivity contribution < 1.29 is 0 Å². The van der Waals surface area contributed by atoms with Crippen molar-refractivity contribution in [3.05, 3.63) is 29.0 Å². The molecule has 0 aliphatic heterocycles. The second-order valence-corrected chi connectivity index (χ2v) is 4.73. The summed E-state index contributed by atoms with van der Waals surface area (Å²) in [5.41, 5.74) is 2.21. The molecule has 0 unspecified atom stereocenters. The Bertz CT molecular complexity index is 528. The number of rotatable bonds is 3. The second kappa shape index (κ2) is 3.75. The molecule has 0 radical (unpaired) electrons. The van der Waals surface area contributed by atoms with Crippen molar-refractivity contribution in [1.82, 2.24) is 14.9 Å². The maximum Gasteiger partial charge on any atom is 0.124 e. The number of hydrogen-bond acceptors (Lipinski definition) is 2. The highest BCUT2D eigenvalue weighted by molar-refractivity contribution is 6.31. The van der Waals surface area contributed by atoms with E-state index in [1.54, 1.807) is 0 Å². The second-order valence-electron chi connectivity index (χ2n) is 4.29. The molecule has 4 heteroatoms. The van der Waals surface area contributed by atoms with Crippen molar-refractivity contribution in [3.63, 3.8) is 0 Å². The fourth-order valence-corrected chi connectivity index (χ4v) is 2.31. The summed E-state index contributed by atoms with van der Waals surface area (Å²) in [5, 5.41) is 3.95. The van der Waals surface area contributed by atoms with Crippen LogP contribution in [-0.4, -0.2) is 16.6 Å². The zero-order valence-electron chi connectivity index (χ0n) is 9.20. The molecule has 1 N–H and O–H groups in total. The summed E-state index contributed by atoms with van der Waals surface area (Å²) in [6.45, 7) is 0.808. The lowest BCUT2D eigenvalue weighted by atomic mass is 10.3. The first-order valence-corrected chi connectivity index (χ1v) is 5.98. The third kappa shape index (κ3) is 1.60. The maximum atomic E-state index is 6.05. The molecule has 0 spiro atoms. The summed E-state index contributed by atoms with van der Waals surface area (Å²) in [7, 11) is 1.95. The van der Waals surface area contributed by atoms with E-state index in [2.05, 4.69) is 14.9 Å². The molecule has 0 saturated heterocycles. The molecule has 2 aromatic rings. The third-order valence-corrected chi connectivity index (χ3v) is 3.21. The first-order chi connectivity index (χ1) is 7.79. The quantitative estimate of drug-likeness (QED) is 0.887. The SMILES string of the molecule is CNCc1nc2ccc(Cl)cc2n1C1CC1. The molecule has 1 aliphatic rings. The van der Waals surface area contributed by atoms with Crippen LogP contribution in [-0.2, 0) is 6.54 Å². The lowest BCUT2D eigenvalue weighted by Crippen LogP contribution is -2.11. The van der Waals surface area contributed by atoms with E-state index in [-0.39, 0.29) is 0 Å². The molecular weight excluding hydrogens is 222 g/mol. The van der Waals surface area contributed by atoms with Crippen LogP contribution in [0.1, 0.15) is 24.7 Å². The van der Waals surface area contributed by atoms with Crippen LogP contribution in [0.3, 0.4) is 0 Å². The smallest absolute Gasteiger partial charge is 0.124 e. The van der Waals surface area contributed by atoms with E-state index in [0.717, 1.165) is 22.9 Å². The highest BCUT2D eigenvalue weighted by Crippen LogP contribution is 2.39. The van der Waals surface area contributed by atoms with E-state index >= 15 is 0 Å². The van der Waals surface area contributed by atoms with Crippen LogP contribution >= 0.6 is 11.6 Å². The van der Waals surface area contributed by atoms with Crippen LogP contribution in [0.2, 0.25) is 5.02 Å². The summed E-state index contributed by atoms with van der Waals surface area (Å²) < 4.78 is 2.33. The Morgan fingerprint density at radius 1 is 1.50 bits per heavy atom. The van der Waals surface area contributed by atoms with Gasteiger partial charge in [-0.15, -0.1) is 0 Å². The monoisotopic (exact) mass is 235 g/mol. The van der Waals surface area contributed by atoms with Gasteiger partial charge < -0.3 is 9.88 Å². The van der Waals surface area contributed by atoms with Crippen LogP contribution in [0.15, 0.2) is 18.2 Å². The molecule has 1 fully saturated rings. The zero-order chi connectivity index (χ0) is 11.1. The highest BCUT2D eigenvalue weighted by Gasteiger charge is 2.27.